The van der Waals surface area contributed by atoms with E-state index < -0.39 is 0 Å². The highest BCUT2D eigenvalue weighted by Crippen LogP contribution is 2.21. The minimum Gasteiger partial charge on any atom is -0.497 e. The normalized spacial score (nSPS) is 10.1. The lowest BCUT2D eigenvalue weighted by molar-refractivity contribution is 0.327. The Bertz CT molecular complexity index is 558. The van der Waals surface area contributed by atoms with E-state index in [2.05, 4.69) is 4.90 Å². The molecule has 0 aliphatic heterocycles. The molecule has 0 amide bonds. The average molecular weight is 272 g/mol. The van der Waals surface area contributed by atoms with E-state index in [9.17, 15) is 0 Å². The zero-order valence-corrected chi connectivity index (χ0v) is 11.9. The third-order valence-corrected chi connectivity index (χ3v) is 3.10. The van der Waals surface area contributed by atoms with Gasteiger partial charge in [-0.25, -0.2) is 0 Å². The molecule has 0 unspecified atom stereocenters. The zero-order chi connectivity index (χ0) is 14.4. The van der Waals surface area contributed by atoms with Crippen LogP contribution in [-0.4, -0.2) is 27.3 Å². The van der Waals surface area contributed by atoms with Crippen molar-refractivity contribution >= 4 is 11.4 Å². The highest BCUT2D eigenvalue weighted by atomic mass is 16.5. The molecule has 2 aromatic rings. The minimum absolute atomic E-state index is 0.571. The van der Waals surface area contributed by atoms with Crippen LogP contribution in [0.25, 0.3) is 0 Å². The van der Waals surface area contributed by atoms with Gasteiger partial charge in [-0.1, -0.05) is 18.2 Å². The van der Waals surface area contributed by atoms with Crippen molar-refractivity contribution in [3.63, 3.8) is 0 Å². The number of nitrogen functional groups attached to an aromatic ring is 1. The molecular formula is C16H20N2O2. The fourth-order valence-electron chi connectivity index (χ4n) is 1.88. The molecule has 20 heavy (non-hydrogen) atoms. The topological polar surface area (TPSA) is 47.7 Å². The first kappa shape index (κ1) is 14.1. The van der Waals surface area contributed by atoms with E-state index in [1.54, 1.807) is 7.11 Å². The van der Waals surface area contributed by atoms with Gasteiger partial charge in [-0.05, 0) is 24.3 Å². The molecule has 2 aromatic carbocycles. The molecule has 0 bridgehead atoms. The SMILES string of the molecule is COc1cccc(N(C)CCOc2ccccc2N)c1. The molecule has 0 radical (unpaired) electrons. The van der Waals surface area contributed by atoms with Gasteiger partial charge in [0, 0.05) is 18.8 Å². The average Bonchev–Trinajstić information content (AvgIpc) is 2.49. The van der Waals surface area contributed by atoms with Crippen molar-refractivity contribution in [3.05, 3.63) is 48.5 Å². The molecule has 0 fully saturated rings. The van der Waals surface area contributed by atoms with Crippen LogP contribution >= 0.6 is 0 Å². The first-order valence-electron chi connectivity index (χ1n) is 6.53. The van der Waals surface area contributed by atoms with Crippen molar-refractivity contribution in [1.29, 1.82) is 0 Å². The molecular weight excluding hydrogens is 252 g/mol. The largest absolute Gasteiger partial charge is 0.497 e. The van der Waals surface area contributed by atoms with Crippen LogP contribution in [0.15, 0.2) is 48.5 Å². The first-order chi connectivity index (χ1) is 9.70. The first-order valence-corrected chi connectivity index (χ1v) is 6.53. The molecule has 4 heteroatoms. The number of para-hydroxylation sites is 2. The maximum Gasteiger partial charge on any atom is 0.142 e. The van der Waals surface area contributed by atoms with Crippen molar-refractivity contribution in [2.24, 2.45) is 0 Å². The van der Waals surface area contributed by atoms with E-state index in [-0.39, 0.29) is 0 Å². The van der Waals surface area contributed by atoms with Gasteiger partial charge >= 0.3 is 0 Å². The summed E-state index contributed by atoms with van der Waals surface area (Å²) in [5, 5.41) is 0. The number of benzene rings is 2. The smallest absolute Gasteiger partial charge is 0.142 e. The maximum atomic E-state index is 5.83. The molecule has 0 atom stereocenters. The molecule has 2 N–H and O–H groups in total. The lowest BCUT2D eigenvalue weighted by Gasteiger charge is -2.20. The monoisotopic (exact) mass is 272 g/mol. The number of nitrogens with two attached hydrogens (primary N) is 1. The van der Waals surface area contributed by atoms with Crippen molar-refractivity contribution in [1.82, 2.24) is 0 Å². The number of likely N-dealkylation sites (N-methyl/N-ethyl adjacent to an activating group) is 1. The third kappa shape index (κ3) is 3.57. The van der Waals surface area contributed by atoms with Crippen molar-refractivity contribution in [2.45, 2.75) is 0 Å². The van der Waals surface area contributed by atoms with E-state index in [1.165, 1.54) is 0 Å². The Labute approximate surface area is 119 Å². The van der Waals surface area contributed by atoms with Crippen molar-refractivity contribution < 1.29 is 9.47 Å². The fourth-order valence-corrected chi connectivity index (χ4v) is 1.88. The van der Waals surface area contributed by atoms with Gasteiger partial charge in [0.25, 0.3) is 0 Å². The molecule has 0 saturated carbocycles. The van der Waals surface area contributed by atoms with Crippen molar-refractivity contribution in [2.75, 3.05) is 37.9 Å². The quantitative estimate of drug-likeness (QED) is 0.821. The molecule has 0 spiro atoms. The molecule has 0 aromatic heterocycles. The number of hydrogen-bond acceptors (Lipinski definition) is 4. The second-order valence-corrected chi connectivity index (χ2v) is 4.51. The van der Waals surface area contributed by atoms with Gasteiger partial charge < -0.3 is 20.1 Å². The summed E-state index contributed by atoms with van der Waals surface area (Å²) >= 11 is 0. The third-order valence-electron chi connectivity index (χ3n) is 3.10. The summed E-state index contributed by atoms with van der Waals surface area (Å²) in [5.74, 6) is 1.58. The van der Waals surface area contributed by atoms with E-state index in [4.69, 9.17) is 15.2 Å². The Morgan fingerprint density at radius 2 is 1.90 bits per heavy atom. The summed E-state index contributed by atoms with van der Waals surface area (Å²) in [7, 11) is 3.69. The van der Waals surface area contributed by atoms with Gasteiger partial charge in [-0.3, -0.25) is 0 Å². The van der Waals surface area contributed by atoms with Gasteiger partial charge in [0.2, 0.25) is 0 Å². The second-order valence-electron chi connectivity index (χ2n) is 4.51. The van der Waals surface area contributed by atoms with Crippen LogP contribution < -0.4 is 20.1 Å². The zero-order valence-electron chi connectivity index (χ0n) is 11.9. The molecule has 4 nitrogen and oxygen atoms in total. The molecule has 0 saturated heterocycles. The number of ether oxygens (including phenoxy) is 2. The highest BCUT2D eigenvalue weighted by Gasteiger charge is 2.03. The van der Waals surface area contributed by atoms with Gasteiger partial charge in [0.05, 0.1) is 19.3 Å². The highest BCUT2D eigenvalue weighted by molar-refractivity contribution is 5.52. The standard InChI is InChI=1S/C16H20N2O2/c1-18(13-6-5-7-14(12-13)19-2)10-11-20-16-9-4-3-8-15(16)17/h3-9,12H,10-11,17H2,1-2H3. The van der Waals surface area contributed by atoms with Crippen LogP contribution in [0.4, 0.5) is 11.4 Å². The second kappa shape index (κ2) is 6.70. The number of hydrogen-bond donors (Lipinski definition) is 1. The maximum absolute atomic E-state index is 5.83. The summed E-state index contributed by atoms with van der Waals surface area (Å²) in [6.07, 6.45) is 0. The predicted molar refractivity (Wildman–Crippen MR) is 82.6 cm³/mol. The Morgan fingerprint density at radius 3 is 2.65 bits per heavy atom. The fraction of sp³-hybridized carbons (Fsp3) is 0.250. The summed E-state index contributed by atoms with van der Waals surface area (Å²) in [5.41, 5.74) is 7.59. The van der Waals surface area contributed by atoms with Crippen LogP contribution in [-0.2, 0) is 0 Å². The Balaban J connectivity index is 1.89. The van der Waals surface area contributed by atoms with Crippen molar-refractivity contribution in [3.8, 4) is 11.5 Å². The summed E-state index contributed by atoms with van der Waals surface area (Å²) in [6.45, 7) is 1.34. The summed E-state index contributed by atoms with van der Waals surface area (Å²) < 4.78 is 10.9. The number of methoxy groups -OCH3 is 1. The van der Waals surface area contributed by atoms with Crippen LogP contribution in [0.3, 0.4) is 0 Å². The minimum atomic E-state index is 0.571. The van der Waals surface area contributed by atoms with Crippen LogP contribution in [0, 0.1) is 0 Å². The molecule has 0 aliphatic carbocycles. The van der Waals surface area contributed by atoms with Gasteiger partial charge in [-0.15, -0.1) is 0 Å². The Morgan fingerprint density at radius 1 is 1.10 bits per heavy atom. The van der Waals surface area contributed by atoms with Crippen LogP contribution in [0.2, 0.25) is 0 Å². The number of anilines is 2. The Kier molecular flexibility index (Phi) is 4.71. The van der Waals surface area contributed by atoms with Crippen LogP contribution in [0.1, 0.15) is 0 Å². The van der Waals surface area contributed by atoms with E-state index in [1.807, 2.05) is 55.6 Å². The summed E-state index contributed by atoms with van der Waals surface area (Å²) in [4.78, 5) is 2.11. The van der Waals surface area contributed by atoms with E-state index in [0.717, 1.165) is 23.7 Å². The predicted octanol–water partition coefficient (Wildman–Crippen LogP) is 2.79. The van der Waals surface area contributed by atoms with Gasteiger partial charge in [-0.2, -0.15) is 0 Å². The van der Waals surface area contributed by atoms with E-state index >= 15 is 0 Å². The summed E-state index contributed by atoms with van der Waals surface area (Å²) in [6, 6.07) is 15.5. The van der Waals surface area contributed by atoms with Gasteiger partial charge in [0.15, 0.2) is 0 Å². The molecule has 0 heterocycles. The number of nitrogens with zero attached hydrogens (tertiary/aromatic N) is 1. The lowest BCUT2D eigenvalue weighted by atomic mass is 10.3. The van der Waals surface area contributed by atoms with E-state index in [0.29, 0.717) is 12.3 Å². The number of rotatable bonds is 6. The Hall–Kier alpha value is -2.36. The van der Waals surface area contributed by atoms with Gasteiger partial charge in [0.1, 0.15) is 18.1 Å². The lowest BCUT2D eigenvalue weighted by Crippen LogP contribution is -2.23. The van der Waals surface area contributed by atoms with Crippen LogP contribution in [0.5, 0.6) is 11.5 Å². The molecule has 0 aliphatic rings. The molecule has 106 valence electrons. The molecule has 2 rings (SSSR count).